The van der Waals surface area contributed by atoms with Gasteiger partial charge in [-0.15, -0.1) is 0 Å². The lowest BCUT2D eigenvalue weighted by Crippen LogP contribution is -2.30. The number of amides is 1. The highest BCUT2D eigenvalue weighted by Gasteiger charge is 2.20. The van der Waals surface area contributed by atoms with Crippen molar-refractivity contribution >= 4 is 21.6 Å². The topological polar surface area (TPSA) is 75.7 Å². The summed E-state index contributed by atoms with van der Waals surface area (Å²) in [4.78, 5) is 12.4. The number of carbonyl (C=O) groups is 1. The maximum Gasteiger partial charge on any atom is 0.251 e. The first-order valence-corrected chi connectivity index (χ1v) is 12.6. The average Bonchev–Trinajstić information content (AvgIpc) is 2.79. The molecule has 0 atom stereocenters. The minimum atomic E-state index is -3.48. The van der Waals surface area contributed by atoms with E-state index >= 15 is 0 Å². The van der Waals surface area contributed by atoms with E-state index in [1.165, 1.54) is 10.6 Å². The van der Waals surface area contributed by atoms with Crippen molar-refractivity contribution in [3.63, 3.8) is 0 Å². The minimum absolute atomic E-state index is 0.193. The molecule has 7 heteroatoms. The normalized spacial score (nSPS) is 11.2. The van der Waals surface area contributed by atoms with Crippen molar-refractivity contribution in [2.45, 2.75) is 27.0 Å². The van der Waals surface area contributed by atoms with Gasteiger partial charge in [0.2, 0.25) is 10.0 Å². The summed E-state index contributed by atoms with van der Waals surface area (Å²) in [7, 11) is -3.48. The second-order valence-corrected chi connectivity index (χ2v) is 9.96. The number of rotatable bonds is 10. The Morgan fingerprint density at radius 2 is 1.64 bits per heavy atom. The van der Waals surface area contributed by atoms with Gasteiger partial charge in [0, 0.05) is 12.1 Å². The van der Waals surface area contributed by atoms with Gasteiger partial charge in [0.05, 0.1) is 31.7 Å². The number of nitrogens with one attached hydrogen (secondary N) is 1. The van der Waals surface area contributed by atoms with Crippen LogP contribution in [0.25, 0.3) is 0 Å². The molecule has 6 nitrogen and oxygen atoms in total. The monoisotopic (exact) mass is 466 g/mol. The van der Waals surface area contributed by atoms with Gasteiger partial charge in [0.15, 0.2) is 0 Å². The van der Waals surface area contributed by atoms with Gasteiger partial charge in [-0.2, -0.15) is 0 Å². The van der Waals surface area contributed by atoms with E-state index < -0.39 is 10.0 Å². The van der Waals surface area contributed by atoms with E-state index in [9.17, 15) is 13.2 Å². The van der Waals surface area contributed by atoms with E-state index in [1.807, 2.05) is 62.4 Å². The molecular weight excluding hydrogens is 436 g/mol. The molecule has 1 N–H and O–H groups in total. The second-order valence-electron chi connectivity index (χ2n) is 8.05. The molecule has 0 spiro atoms. The molecule has 0 aliphatic carbocycles. The Bertz CT molecular complexity index is 1180. The molecule has 0 aliphatic rings. The van der Waals surface area contributed by atoms with Crippen molar-refractivity contribution in [1.29, 1.82) is 0 Å². The summed E-state index contributed by atoms with van der Waals surface area (Å²) in [6.45, 7) is 5.34. The zero-order valence-electron chi connectivity index (χ0n) is 19.2. The van der Waals surface area contributed by atoms with Crippen molar-refractivity contribution in [2.24, 2.45) is 0 Å². The first-order chi connectivity index (χ1) is 15.7. The van der Waals surface area contributed by atoms with Crippen molar-refractivity contribution in [3.8, 4) is 0 Å². The lowest BCUT2D eigenvalue weighted by atomic mass is 10.1. The molecule has 0 fully saturated rings. The van der Waals surface area contributed by atoms with Crippen LogP contribution in [0, 0.1) is 13.8 Å². The van der Waals surface area contributed by atoms with Crippen LogP contribution in [-0.4, -0.2) is 33.7 Å². The number of hydrogen-bond donors (Lipinski definition) is 1. The minimum Gasteiger partial charge on any atom is -0.375 e. The summed E-state index contributed by atoms with van der Waals surface area (Å²) >= 11 is 0. The van der Waals surface area contributed by atoms with Gasteiger partial charge in [-0.05, 0) is 54.3 Å². The lowest BCUT2D eigenvalue weighted by Gasteiger charge is -2.25. The molecule has 174 valence electrons. The van der Waals surface area contributed by atoms with E-state index in [2.05, 4.69) is 5.32 Å². The standard InChI is InChI=1S/C26H30N2O4S/c1-20-9-10-21(2)25(17-20)28(33(3,30)31)18-22-11-13-24(14-12-22)26(29)27-15-16-32-19-23-7-5-4-6-8-23/h4-14,17H,15-16,18-19H2,1-3H3,(H,27,29). The molecule has 3 aromatic rings. The van der Waals surface area contributed by atoms with Gasteiger partial charge >= 0.3 is 0 Å². The molecule has 0 radical (unpaired) electrons. The quantitative estimate of drug-likeness (QED) is 0.454. The van der Waals surface area contributed by atoms with E-state index in [0.717, 1.165) is 22.3 Å². The van der Waals surface area contributed by atoms with Gasteiger partial charge in [-0.3, -0.25) is 9.10 Å². The molecule has 0 saturated heterocycles. The van der Waals surface area contributed by atoms with Crippen LogP contribution >= 0.6 is 0 Å². The van der Waals surface area contributed by atoms with Crippen molar-refractivity contribution in [1.82, 2.24) is 5.32 Å². The van der Waals surface area contributed by atoms with Crippen molar-refractivity contribution in [2.75, 3.05) is 23.7 Å². The predicted octanol–water partition coefficient (Wildman–Crippen LogP) is 4.22. The van der Waals surface area contributed by atoms with Gasteiger partial charge in [0.25, 0.3) is 5.91 Å². The van der Waals surface area contributed by atoms with Gasteiger partial charge < -0.3 is 10.1 Å². The third-order valence-electron chi connectivity index (χ3n) is 5.22. The number of benzene rings is 3. The lowest BCUT2D eigenvalue weighted by molar-refractivity contribution is 0.0901. The van der Waals surface area contributed by atoms with E-state index in [1.54, 1.807) is 24.3 Å². The Balaban J connectivity index is 1.57. The molecule has 0 aromatic heterocycles. The molecular formula is C26H30N2O4S. The highest BCUT2D eigenvalue weighted by molar-refractivity contribution is 7.92. The number of carbonyl (C=O) groups excluding carboxylic acids is 1. The first-order valence-electron chi connectivity index (χ1n) is 10.8. The molecule has 3 rings (SSSR count). The SMILES string of the molecule is Cc1ccc(C)c(N(Cc2ccc(C(=O)NCCOCc3ccccc3)cc2)S(C)(=O)=O)c1. The summed E-state index contributed by atoms with van der Waals surface area (Å²) in [6, 6.07) is 22.6. The summed E-state index contributed by atoms with van der Waals surface area (Å²) in [6.07, 6.45) is 1.20. The molecule has 1 amide bonds. The summed E-state index contributed by atoms with van der Waals surface area (Å²) in [5, 5.41) is 2.84. The fourth-order valence-corrected chi connectivity index (χ4v) is 4.34. The maximum absolute atomic E-state index is 12.5. The maximum atomic E-state index is 12.5. The Morgan fingerprint density at radius 1 is 0.939 bits per heavy atom. The Kier molecular flexibility index (Phi) is 8.25. The van der Waals surface area contributed by atoms with Crippen LogP contribution in [0.1, 0.15) is 32.6 Å². The first kappa shape index (κ1) is 24.5. The van der Waals surface area contributed by atoms with Gasteiger partial charge in [-0.1, -0.05) is 54.6 Å². The fraction of sp³-hybridized carbons (Fsp3) is 0.269. The summed E-state index contributed by atoms with van der Waals surface area (Å²) < 4.78 is 32.0. The zero-order chi connectivity index (χ0) is 23.8. The van der Waals surface area contributed by atoms with E-state index in [-0.39, 0.29) is 12.5 Å². The van der Waals surface area contributed by atoms with Crippen LogP contribution in [0.2, 0.25) is 0 Å². The largest absolute Gasteiger partial charge is 0.375 e. The predicted molar refractivity (Wildman–Crippen MR) is 132 cm³/mol. The van der Waals surface area contributed by atoms with Gasteiger partial charge in [0.1, 0.15) is 0 Å². The molecule has 0 unspecified atom stereocenters. The third-order valence-corrected chi connectivity index (χ3v) is 6.35. The second kappa shape index (κ2) is 11.1. The number of nitrogens with zero attached hydrogens (tertiary/aromatic N) is 1. The van der Waals surface area contributed by atoms with Crippen LogP contribution in [0.4, 0.5) is 5.69 Å². The highest BCUT2D eigenvalue weighted by atomic mass is 32.2. The number of anilines is 1. The zero-order valence-corrected chi connectivity index (χ0v) is 20.1. The Labute approximate surface area is 196 Å². The number of aryl methyl sites for hydroxylation is 2. The number of sulfonamides is 1. The number of hydrogen-bond acceptors (Lipinski definition) is 4. The van der Waals surface area contributed by atoms with E-state index in [0.29, 0.717) is 31.0 Å². The smallest absolute Gasteiger partial charge is 0.251 e. The number of ether oxygens (including phenoxy) is 1. The summed E-state index contributed by atoms with van der Waals surface area (Å²) in [5.41, 5.74) is 4.93. The molecule has 0 aliphatic heterocycles. The molecule has 33 heavy (non-hydrogen) atoms. The van der Waals surface area contributed by atoms with Gasteiger partial charge in [-0.25, -0.2) is 8.42 Å². The Hall–Kier alpha value is -3.16. The van der Waals surface area contributed by atoms with Crippen LogP contribution in [0.3, 0.4) is 0 Å². The summed E-state index contributed by atoms with van der Waals surface area (Å²) in [5.74, 6) is -0.195. The molecule has 0 bridgehead atoms. The van der Waals surface area contributed by atoms with Crippen molar-refractivity contribution < 1.29 is 17.9 Å². The molecule has 3 aromatic carbocycles. The van der Waals surface area contributed by atoms with Crippen molar-refractivity contribution in [3.05, 3.63) is 101 Å². The highest BCUT2D eigenvalue weighted by Crippen LogP contribution is 2.26. The molecule has 0 saturated carbocycles. The Morgan fingerprint density at radius 3 is 2.30 bits per heavy atom. The van der Waals surface area contributed by atoms with Crippen LogP contribution < -0.4 is 9.62 Å². The van der Waals surface area contributed by atoms with Crippen LogP contribution in [0.15, 0.2) is 72.8 Å². The fourth-order valence-electron chi connectivity index (χ4n) is 3.40. The van der Waals surface area contributed by atoms with E-state index in [4.69, 9.17) is 4.74 Å². The third kappa shape index (κ3) is 7.17. The molecule has 0 heterocycles. The van der Waals surface area contributed by atoms with Crippen LogP contribution in [0.5, 0.6) is 0 Å². The van der Waals surface area contributed by atoms with Crippen LogP contribution in [-0.2, 0) is 27.9 Å². The average molecular weight is 467 g/mol.